The van der Waals surface area contributed by atoms with E-state index in [-0.39, 0.29) is 0 Å². The first-order chi connectivity index (χ1) is 5.74. The van der Waals surface area contributed by atoms with Crippen LogP contribution in [0.3, 0.4) is 0 Å². The molecule has 1 heterocycles. The molecular formula is C9H20N2O. The highest BCUT2D eigenvalue weighted by Crippen LogP contribution is 2.03. The number of methoxy groups -OCH3 is 1. The molecule has 0 spiro atoms. The fourth-order valence-corrected chi connectivity index (χ4v) is 1.63. The van der Waals surface area contributed by atoms with Crippen molar-refractivity contribution in [2.75, 3.05) is 33.4 Å². The second-order valence-corrected chi connectivity index (χ2v) is 3.70. The summed E-state index contributed by atoms with van der Waals surface area (Å²) in [5.74, 6) is 0. The summed E-state index contributed by atoms with van der Waals surface area (Å²) in [6.07, 6.45) is 0. The van der Waals surface area contributed by atoms with Crippen LogP contribution in [0.4, 0.5) is 0 Å². The van der Waals surface area contributed by atoms with Crippen molar-refractivity contribution in [1.82, 2.24) is 10.2 Å². The van der Waals surface area contributed by atoms with E-state index in [4.69, 9.17) is 4.74 Å². The zero-order chi connectivity index (χ0) is 8.97. The van der Waals surface area contributed by atoms with Crippen molar-refractivity contribution in [3.63, 3.8) is 0 Å². The van der Waals surface area contributed by atoms with Gasteiger partial charge in [0.15, 0.2) is 0 Å². The molecule has 12 heavy (non-hydrogen) atoms. The van der Waals surface area contributed by atoms with Gasteiger partial charge in [0.1, 0.15) is 0 Å². The van der Waals surface area contributed by atoms with Gasteiger partial charge in [0.2, 0.25) is 0 Å². The standard InChI is InChI=1S/C9H20N2O/c1-8(2)11-5-4-10-9(6-11)7-12-3/h8-10H,4-7H2,1-3H3/t9-/m0/s1. The van der Waals surface area contributed by atoms with E-state index in [9.17, 15) is 0 Å². The third-order valence-electron chi connectivity index (χ3n) is 2.39. The van der Waals surface area contributed by atoms with Gasteiger partial charge in [-0.25, -0.2) is 0 Å². The van der Waals surface area contributed by atoms with Crippen LogP contribution in [0.15, 0.2) is 0 Å². The van der Waals surface area contributed by atoms with Gasteiger partial charge in [-0.15, -0.1) is 0 Å². The predicted octanol–water partition coefficient (Wildman–Crippen LogP) is 0.315. The van der Waals surface area contributed by atoms with Crippen molar-refractivity contribution in [3.05, 3.63) is 0 Å². The second kappa shape index (κ2) is 4.80. The van der Waals surface area contributed by atoms with Crippen LogP contribution in [0.25, 0.3) is 0 Å². The van der Waals surface area contributed by atoms with Crippen LogP contribution in [-0.4, -0.2) is 50.3 Å². The summed E-state index contributed by atoms with van der Waals surface area (Å²) in [4.78, 5) is 2.49. The number of hydrogen-bond acceptors (Lipinski definition) is 3. The van der Waals surface area contributed by atoms with Crippen molar-refractivity contribution in [1.29, 1.82) is 0 Å². The minimum absolute atomic E-state index is 0.520. The molecule has 1 aliphatic heterocycles. The van der Waals surface area contributed by atoms with Crippen molar-refractivity contribution >= 4 is 0 Å². The Labute approximate surface area is 75.1 Å². The van der Waals surface area contributed by atoms with Crippen LogP contribution in [-0.2, 0) is 4.74 Å². The maximum atomic E-state index is 5.12. The van der Waals surface area contributed by atoms with E-state index in [1.165, 1.54) is 0 Å². The molecule has 0 aliphatic carbocycles. The van der Waals surface area contributed by atoms with Crippen LogP contribution in [0.2, 0.25) is 0 Å². The molecule has 0 aromatic heterocycles. The molecule has 0 radical (unpaired) electrons. The molecule has 0 aromatic rings. The molecule has 0 saturated carbocycles. The third kappa shape index (κ3) is 2.73. The smallest absolute Gasteiger partial charge is 0.0628 e. The lowest BCUT2D eigenvalue weighted by Gasteiger charge is -2.35. The van der Waals surface area contributed by atoms with E-state index in [0.717, 1.165) is 26.2 Å². The second-order valence-electron chi connectivity index (χ2n) is 3.70. The Balaban J connectivity index is 2.30. The Hall–Kier alpha value is -0.120. The van der Waals surface area contributed by atoms with Gasteiger partial charge in [0.25, 0.3) is 0 Å². The van der Waals surface area contributed by atoms with Crippen LogP contribution < -0.4 is 5.32 Å². The Morgan fingerprint density at radius 1 is 1.58 bits per heavy atom. The molecule has 0 unspecified atom stereocenters. The first-order valence-corrected chi connectivity index (χ1v) is 4.70. The Bertz CT molecular complexity index is 126. The summed E-state index contributed by atoms with van der Waals surface area (Å²) in [6, 6.07) is 1.18. The normalized spacial score (nSPS) is 26.5. The Morgan fingerprint density at radius 3 is 2.92 bits per heavy atom. The third-order valence-corrected chi connectivity index (χ3v) is 2.39. The fourth-order valence-electron chi connectivity index (χ4n) is 1.63. The number of piperazine rings is 1. The number of nitrogens with one attached hydrogen (secondary N) is 1. The van der Waals surface area contributed by atoms with Gasteiger partial charge in [-0.05, 0) is 13.8 Å². The van der Waals surface area contributed by atoms with Gasteiger partial charge < -0.3 is 10.1 Å². The number of ether oxygens (including phenoxy) is 1. The van der Waals surface area contributed by atoms with Crippen molar-refractivity contribution < 1.29 is 4.74 Å². The summed E-state index contributed by atoms with van der Waals surface area (Å²) >= 11 is 0. The molecule has 1 N–H and O–H groups in total. The van der Waals surface area contributed by atoms with E-state index in [2.05, 4.69) is 24.1 Å². The van der Waals surface area contributed by atoms with Gasteiger partial charge in [-0.3, -0.25) is 4.90 Å². The van der Waals surface area contributed by atoms with Crippen molar-refractivity contribution in [3.8, 4) is 0 Å². The molecule has 1 aliphatic rings. The minimum Gasteiger partial charge on any atom is -0.383 e. The van der Waals surface area contributed by atoms with Gasteiger partial charge >= 0.3 is 0 Å². The fraction of sp³-hybridized carbons (Fsp3) is 1.00. The lowest BCUT2D eigenvalue weighted by molar-refractivity contribution is 0.101. The lowest BCUT2D eigenvalue weighted by atomic mass is 10.2. The molecule has 0 aromatic carbocycles. The molecule has 0 bridgehead atoms. The predicted molar refractivity (Wildman–Crippen MR) is 50.4 cm³/mol. The first-order valence-electron chi connectivity index (χ1n) is 4.70. The average Bonchev–Trinajstić information content (AvgIpc) is 2.05. The quantitative estimate of drug-likeness (QED) is 0.663. The summed E-state index contributed by atoms with van der Waals surface area (Å²) in [5, 5.41) is 3.44. The van der Waals surface area contributed by atoms with Crippen LogP contribution in [0, 0.1) is 0 Å². The van der Waals surface area contributed by atoms with E-state index in [1.807, 2.05) is 0 Å². The van der Waals surface area contributed by atoms with Gasteiger partial charge in [0, 0.05) is 38.8 Å². The SMILES string of the molecule is COC[C@@H]1CN(C(C)C)CCN1. The summed E-state index contributed by atoms with van der Waals surface area (Å²) < 4.78 is 5.12. The maximum Gasteiger partial charge on any atom is 0.0628 e. The van der Waals surface area contributed by atoms with Crippen LogP contribution in [0.5, 0.6) is 0 Å². The highest BCUT2D eigenvalue weighted by Gasteiger charge is 2.20. The molecule has 1 saturated heterocycles. The molecule has 1 atom stereocenters. The van der Waals surface area contributed by atoms with E-state index in [1.54, 1.807) is 7.11 Å². The molecule has 1 fully saturated rings. The highest BCUT2D eigenvalue weighted by molar-refractivity contribution is 4.79. The first kappa shape index (κ1) is 9.96. The number of nitrogens with zero attached hydrogens (tertiary/aromatic N) is 1. The van der Waals surface area contributed by atoms with E-state index < -0.39 is 0 Å². The van der Waals surface area contributed by atoms with Gasteiger partial charge in [-0.1, -0.05) is 0 Å². The van der Waals surface area contributed by atoms with Crippen LogP contribution in [0.1, 0.15) is 13.8 Å². The summed E-state index contributed by atoms with van der Waals surface area (Å²) in [5.41, 5.74) is 0. The minimum atomic E-state index is 0.520. The summed E-state index contributed by atoms with van der Waals surface area (Å²) in [6.45, 7) is 8.68. The van der Waals surface area contributed by atoms with Gasteiger partial charge in [0.05, 0.1) is 6.61 Å². The zero-order valence-corrected chi connectivity index (χ0v) is 8.34. The van der Waals surface area contributed by atoms with E-state index >= 15 is 0 Å². The number of hydrogen-bond donors (Lipinski definition) is 1. The maximum absolute atomic E-state index is 5.12. The van der Waals surface area contributed by atoms with Crippen molar-refractivity contribution in [2.24, 2.45) is 0 Å². The highest BCUT2D eigenvalue weighted by atomic mass is 16.5. The molecule has 72 valence electrons. The zero-order valence-electron chi connectivity index (χ0n) is 8.34. The molecule has 0 amide bonds. The number of rotatable bonds is 3. The topological polar surface area (TPSA) is 24.5 Å². The average molecular weight is 172 g/mol. The largest absolute Gasteiger partial charge is 0.383 e. The monoisotopic (exact) mass is 172 g/mol. The van der Waals surface area contributed by atoms with Gasteiger partial charge in [-0.2, -0.15) is 0 Å². The molecule has 1 rings (SSSR count). The summed E-state index contributed by atoms with van der Waals surface area (Å²) in [7, 11) is 1.76. The Morgan fingerprint density at radius 2 is 2.33 bits per heavy atom. The molecule has 3 heteroatoms. The van der Waals surface area contributed by atoms with Crippen molar-refractivity contribution in [2.45, 2.75) is 25.9 Å². The van der Waals surface area contributed by atoms with Crippen LogP contribution >= 0.6 is 0 Å². The van der Waals surface area contributed by atoms with E-state index in [0.29, 0.717) is 12.1 Å². The molecular weight excluding hydrogens is 152 g/mol. The lowest BCUT2D eigenvalue weighted by Crippen LogP contribution is -2.54. The Kier molecular flexibility index (Phi) is 3.98. The molecule has 3 nitrogen and oxygen atoms in total.